The fourth-order valence-corrected chi connectivity index (χ4v) is 2.72. The van der Waals surface area contributed by atoms with Crippen LogP contribution >= 0.6 is 0 Å². The Balaban J connectivity index is 2.91. The molecule has 0 atom stereocenters. The highest BCUT2D eigenvalue weighted by Crippen LogP contribution is 2.51. The summed E-state index contributed by atoms with van der Waals surface area (Å²) in [6.45, 7) is 7.38. The van der Waals surface area contributed by atoms with E-state index in [2.05, 4.69) is 0 Å². The van der Waals surface area contributed by atoms with Crippen LogP contribution in [0.4, 0.5) is 11.4 Å². The Morgan fingerprint density at radius 3 is 1.72 bits per heavy atom. The fourth-order valence-electron chi connectivity index (χ4n) is 1.93. The molecule has 0 radical (unpaired) electrons. The molecule has 0 amide bonds. The molecule has 1 aliphatic rings. The van der Waals surface area contributed by atoms with E-state index in [-0.39, 0.29) is 22.9 Å². The summed E-state index contributed by atoms with van der Waals surface area (Å²) in [6.07, 6.45) is 0. The first-order valence-corrected chi connectivity index (χ1v) is 6.74. The first kappa shape index (κ1) is 12.8. The summed E-state index contributed by atoms with van der Waals surface area (Å²) < 4.78 is 32.7. The van der Waals surface area contributed by atoms with Crippen LogP contribution in [0.2, 0.25) is 0 Å². The highest BCUT2D eigenvalue weighted by atomic mass is 32.3. The average molecular weight is 272 g/mol. The molecule has 100 valence electrons. The number of nitrogens with two attached hydrogens (primary N) is 2. The lowest BCUT2D eigenvalue weighted by atomic mass is 9.84. The van der Waals surface area contributed by atoms with E-state index < -0.39 is 15.8 Å². The van der Waals surface area contributed by atoms with E-state index in [0.29, 0.717) is 11.1 Å². The van der Waals surface area contributed by atoms with Gasteiger partial charge in [-0.3, -0.25) is 0 Å². The molecule has 6 nitrogen and oxygen atoms in total. The van der Waals surface area contributed by atoms with Crippen LogP contribution in [0.3, 0.4) is 0 Å². The van der Waals surface area contributed by atoms with Gasteiger partial charge in [-0.15, -0.1) is 8.42 Å². The van der Waals surface area contributed by atoms with Gasteiger partial charge in [0.05, 0.1) is 11.4 Å². The normalized spacial score (nSPS) is 16.9. The van der Waals surface area contributed by atoms with Crippen molar-refractivity contribution in [3.05, 3.63) is 11.1 Å². The molecule has 7 heteroatoms. The maximum absolute atomic E-state index is 11.5. The first-order valence-electron chi connectivity index (χ1n) is 5.40. The summed E-state index contributed by atoms with van der Waals surface area (Å²) >= 11 is 0. The number of fused-ring (bicyclic) bond motifs is 2. The van der Waals surface area contributed by atoms with Crippen LogP contribution in [0.25, 0.3) is 0 Å². The standard InChI is InChI=1S/C11H16N2O4S/c1-5-7(12)9-6(11(2,3)4)10(8(5)13)17-18(14,15)16-9/h12-13H2,1-4H3. The van der Waals surface area contributed by atoms with Crippen molar-refractivity contribution in [3.8, 4) is 11.5 Å². The van der Waals surface area contributed by atoms with E-state index in [9.17, 15) is 8.42 Å². The predicted molar refractivity (Wildman–Crippen MR) is 68.9 cm³/mol. The van der Waals surface area contributed by atoms with E-state index >= 15 is 0 Å². The summed E-state index contributed by atoms with van der Waals surface area (Å²) in [5.41, 5.74) is 13.0. The van der Waals surface area contributed by atoms with Crippen LogP contribution in [0, 0.1) is 6.92 Å². The van der Waals surface area contributed by atoms with Gasteiger partial charge in [-0.1, -0.05) is 20.8 Å². The SMILES string of the molecule is Cc1c(N)c2c(C(C)(C)C)c(c1N)OS(=O)(=O)O2. The summed E-state index contributed by atoms with van der Waals surface area (Å²) in [7, 11) is -4.13. The van der Waals surface area contributed by atoms with Gasteiger partial charge < -0.3 is 19.8 Å². The van der Waals surface area contributed by atoms with E-state index in [4.69, 9.17) is 19.8 Å². The Bertz CT molecular complexity index is 590. The average Bonchev–Trinajstić information content (AvgIpc) is 2.20. The third-order valence-electron chi connectivity index (χ3n) is 2.87. The molecule has 1 aromatic carbocycles. The minimum absolute atomic E-state index is 0.121. The zero-order chi connectivity index (χ0) is 13.9. The third-order valence-corrected chi connectivity index (χ3v) is 3.61. The molecule has 0 saturated carbocycles. The lowest BCUT2D eigenvalue weighted by molar-refractivity contribution is 0.361. The van der Waals surface area contributed by atoms with Crippen LogP contribution < -0.4 is 19.8 Å². The monoisotopic (exact) mass is 272 g/mol. The van der Waals surface area contributed by atoms with Gasteiger partial charge in [-0.05, 0) is 12.3 Å². The molecule has 2 bridgehead atoms. The van der Waals surface area contributed by atoms with Gasteiger partial charge in [0, 0.05) is 11.1 Å². The number of anilines is 2. The van der Waals surface area contributed by atoms with Crippen LogP contribution in [-0.2, 0) is 15.8 Å². The third kappa shape index (κ3) is 1.74. The van der Waals surface area contributed by atoms with Crippen LogP contribution in [0.1, 0.15) is 31.9 Å². The first-order chi connectivity index (χ1) is 8.04. The smallest absolute Gasteiger partial charge is 0.395 e. The Morgan fingerprint density at radius 2 is 1.39 bits per heavy atom. The second-order valence-electron chi connectivity index (χ2n) is 5.31. The maximum Gasteiger partial charge on any atom is 0.501 e. The van der Waals surface area contributed by atoms with Crippen molar-refractivity contribution in [3.63, 3.8) is 0 Å². The van der Waals surface area contributed by atoms with E-state index in [1.54, 1.807) is 6.92 Å². The van der Waals surface area contributed by atoms with Gasteiger partial charge in [0.1, 0.15) is 0 Å². The second-order valence-corrected chi connectivity index (χ2v) is 6.46. The lowest BCUT2D eigenvalue weighted by Gasteiger charge is -2.31. The number of rotatable bonds is 0. The van der Waals surface area contributed by atoms with Gasteiger partial charge in [0.25, 0.3) is 0 Å². The molecule has 2 rings (SSSR count). The topological polar surface area (TPSA) is 105 Å². The van der Waals surface area contributed by atoms with Crippen LogP contribution in [0.15, 0.2) is 0 Å². The zero-order valence-corrected chi connectivity index (χ0v) is 11.5. The predicted octanol–water partition coefficient (Wildman–Crippen LogP) is 1.47. The second kappa shape index (κ2) is 3.44. The van der Waals surface area contributed by atoms with E-state index in [1.807, 2.05) is 20.8 Å². The van der Waals surface area contributed by atoms with E-state index in [1.165, 1.54) is 0 Å². The van der Waals surface area contributed by atoms with Gasteiger partial charge >= 0.3 is 10.4 Å². The molecular weight excluding hydrogens is 256 g/mol. The highest BCUT2D eigenvalue weighted by Gasteiger charge is 2.38. The largest absolute Gasteiger partial charge is 0.501 e. The molecule has 0 aromatic heterocycles. The van der Waals surface area contributed by atoms with Gasteiger partial charge in [-0.25, -0.2) is 0 Å². The van der Waals surface area contributed by atoms with Gasteiger partial charge in [0.15, 0.2) is 11.5 Å². The van der Waals surface area contributed by atoms with Gasteiger partial charge in [-0.2, -0.15) is 0 Å². The molecule has 18 heavy (non-hydrogen) atoms. The van der Waals surface area contributed by atoms with Crippen LogP contribution in [-0.4, -0.2) is 8.42 Å². The summed E-state index contributed by atoms with van der Waals surface area (Å²) in [6, 6.07) is 0. The summed E-state index contributed by atoms with van der Waals surface area (Å²) in [5, 5.41) is 0. The molecule has 1 aromatic rings. The molecule has 0 saturated heterocycles. The van der Waals surface area contributed by atoms with Crippen molar-refractivity contribution in [2.75, 3.05) is 11.5 Å². The molecule has 0 fully saturated rings. The summed E-state index contributed by atoms with van der Waals surface area (Å²) in [4.78, 5) is 0. The molecule has 0 unspecified atom stereocenters. The van der Waals surface area contributed by atoms with Crippen molar-refractivity contribution in [1.82, 2.24) is 0 Å². The number of benzene rings is 1. The molecular formula is C11H16N2O4S. The Morgan fingerprint density at radius 1 is 1.00 bits per heavy atom. The maximum atomic E-state index is 11.5. The Kier molecular flexibility index (Phi) is 2.45. The van der Waals surface area contributed by atoms with Crippen molar-refractivity contribution in [2.24, 2.45) is 0 Å². The molecule has 1 aliphatic heterocycles. The fraction of sp³-hybridized carbons (Fsp3) is 0.455. The van der Waals surface area contributed by atoms with Gasteiger partial charge in [0.2, 0.25) is 0 Å². The molecule has 4 N–H and O–H groups in total. The number of nitrogen functional groups attached to an aromatic ring is 2. The van der Waals surface area contributed by atoms with Crippen molar-refractivity contribution >= 4 is 21.8 Å². The van der Waals surface area contributed by atoms with Crippen LogP contribution in [0.5, 0.6) is 11.5 Å². The number of hydrogen-bond acceptors (Lipinski definition) is 6. The Hall–Kier alpha value is -1.63. The quantitative estimate of drug-likeness (QED) is 0.693. The van der Waals surface area contributed by atoms with E-state index in [0.717, 1.165) is 0 Å². The lowest BCUT2D eigenvalue weighted by Crippen LogP contribution is -2.29. The molecule has 0 spiro atoms. The Labute approximate surface area is 106 Å². The highest BCUT2D eigenvalue weighted by molar-refractivity contribution is 7.82. The molecule has 0 aliphatic carbocycles. The summed E-state index contributed by atoms with van der Waals surface area (Å²) in [5.74, 6) is 0.242. The minimum Gasteiger partial charge on any atom is -0.395 e. The molecule has 1 heterocycles. The van der Waals surface area contributed by atoms with Crippen molar-refractivity contribution in [2.45, 2.75) is 33.1 Å². The van der Waals surface area contributed by atoms with Crippen molar-refractivity contribution in [1.29, 1.82) is 0 Å². The minimum atomic E-state index is -4.13. The number of hydrogen-bond donors (Lipinski definition) is 2. The zero-order valence-electron chi connectivity index (χ0n) is 10.7. The van der Waals surface area contributed by atoms with Crippen molar-refractivity contribution < 1.29 is 16.8 Å².